The predicted octanol–water partition coefficient (Wildman–Crippen LogP) is 5.64. The number of carbonyl (C=O) groups is 4. The summed E-state index contributed by atoms with van der Waals surface area (Å²) in [5.74, 6) is -2.41. The quantitative estimate of drug-likeness (QED) is 0.138. The minimum absolute atomic E-state index is 0.0692. The maximum atomic E-state index is 12.2. The van der Waals surface area contributed by atoms with Gasteiger partial charge in [0.05, 0.1) is 27.0 Å². The van der Waals surface area contributed by atoms with Crippen molar-refractivity contribution in [1.82, 2.24) is 25.2 Å². The summed E-state index contributed by atoms with van der Waals surface area (Å²) in [6.45, 7) is 3.76. The van der Waals surface area contributed by atoms with Crippen LogP contribution < -0.4 is 10.2 Å². The van der Waals surface area contributed by atoms with Gasteiger partial charge in [-0.2, -0.15) is 0 Å². The average Bonchev–Trinajstić information content (AvgIpc) is 3.66. The van der Waals surface area contributed by atoms with Gasteiger partial charge in [-0.05, 0) is 86.3 Å². The minimum Gasteiger partial charge on any atom is -0.508 e. The summed E-state index contributed by atoms with van der Waals surface area (Å²) in [7, 11) is 4.10. The van der Waals surface area contributed by atoms with Crippen molar-refractivity contribution in [2.24, 2.45) is 0 Å². The Morgan fingerprint density at radius 2 is 1.71 bits per heavy atom. The Hall–Kier alpha value is -5.53. The number of imide groups is 2. The fourth-order valence-corrected chi connectivity index (χ4v) is 6.78. The number of carbonyl (C=O) groups excluding carboxylic acids is 4. The van der Waals surface area contributed by atoms with Gasteiger partial charge in [0.25, 0.3) is 11.8 Å². The molecule has 51 heavy (non-hydrogen) atoms. The van der Waals surface area contributed by atoms with Crippen LogP contribution >= 0.6 is 11.3 Å². The summed E-state index contributed by atoms with van der Waals surface area (Å²) < 4.78 is 6.72. The lowest BCUT2D eigenvalue weighted by atomic mass is 10.0. The van der Waals surface area contributed by atoms with Crippen molar-refractivity contribution in [3.05, 3.63) is 89.9 Å². The number of aromatic hydroxyl groups is 1. The molecule has 0 saturated carbocycles. The molecule has 1 fully saturated rings. The second kappa shape index (κ2) is 15.6. The van der Waals surface area contributed by atoms with Crippen LogP contribution in [-0.2, 0) is 20.7 Å². The molecule has 5 heterocycles. The van der Waals surface area contributed by atoms with Crippen LogP contribution in [0.5, 0.6) is 5.75 Å². The average molecular weight is 707 g/mol. The molecule has 4 amide bonds. The van der Waals surface area contributed by atoms with Crippen LogP contribution in [0.15, 0.2) is 73.1 Å². The molecule has 12 nitrogen and oxygen atoms in total. The van der Waals surface area contributed by atoms with Gasteiger partial charge in [0, 0.05) is 68.6 Å². The van der Waals surface area contributed by atoms with E-state index in [4.69, 9.17) is 9.72 Å². The molecule has 0 aliphatic carbocycles. The highest BCUT2D eigenvalue weighted by Crippen LogP contribution is 2.33. The number of fused-ring (bicyclic) bond motifs is 2. The van der Waals surface area contributed by atoms with Crippen LogP contribution in [-0.4, -0.2) is 81.9 Å². The number of piperidine rings is 1. The fourth-order valence-electron chi connectivity index (χ4n) is 5.79. The molecule has 13 heteroatoms. The number of anilines is 1. The molecule has 1 unspecified atom stereocenters. The zero-order valence-corrected chi connectivity index (χ0v) is 29.4. The second-order valence-corrected chi connectivity index (χ2v) is 13.5. The molecular weight excluding hydrogens is 669 g/mol. The van der Waals surface area contributed by atoms with Gasteiger partial charge in [-0.3, -0.25) is 39.4 Å². The van der Waals surface area contributed by atoms with Crippen LogP contribution in [0.4, 0.5) is 5.69 Å². The highest BCUT2D eigenvalue weighted by molar-refractivity contribution is 7.21. The Labute approximate surface area is 299 Å². The minimum atomic E-state index is -0.984. The molecule has 1 atom stereocenters. The Balaban J connectivity index is 0.000000193. The number of ether oxygens (including phenoxy) is 1. The van der Waals surface area contributed by atoms with Gasteiger partial charge >= 0.3 is 0 Å². The number of rotatable bonds is 10. The lowest BCUT2D eigenvalue weighted by Crippen LogP contribution is -2.54. The van der Waals surface area contributed by atoms with E-state index in [2.05, 4.69) is 77.6 Å². The predicted molar refractivity (Wildman–Crippen MR) is 195 cm³/mol. The van der Waals surface area contributed by atoms with Crippen LogP contribution in [0.3, 0.4) is 0 Å². The first kappa shape index (κ1) is 35.3. The summed E-state index contributed by atoms with van der Waals surface area (Å²) in [5, 5.41) is 12.5. The molecule has 1 saturated heterocycles. The molecule has 7 rings (SSSR count). The molecule has 262 valence electrons. The van der Waals surface area contributed by atoms with Crippen LogP contribution in [0.2, 0.25) is 0 Å². The molecule has 2 aliphatic heterocycles. The van der Waals surface area contributed by atoms with E-state index in [0.29, 0.717) is 0 Å². The molecule has 3 aromatic heterocycles. The van der Waals surface area contributed by atoms with E-state index in [0.717, 1.165) is 70.4 Å². The number of hydrogen-bond donors (Lipinski definition) is 2. The zero-order chi connectivity index (χ0) is 36.1. The lowest BCUT2D eigenvalue weighted by molar-refractivity contribution is -0.136. The van der Waals surface area contributed by atoms with Gasteiger partial charge in [-0.1, -0.05) is 6.92 Å². The Morgan fingerprint density at radius 3 is 2.41 bits per heavy atom. The largest absolute Gasteiger partial charge is 0.508 e. The molecule has 2 aromatic carbocycles. The van der Waals surface area contributed by atoms with Crippen molar-refractivity contribution >= 4 is 50.9 Å². The van der Waals surface area contributed by atoms with Crippen molar-refractivity contribution in [3.63, 3.8) is 0 Å². The van der Waals surface area contributed by atoms with E-state index in [1.165, 1.54) is 28.6 Å². The smallest absolute Gasteiger partial charge is 0.262 e. The molecule has 2 aliphatic rings. The number of aromatic nitrogens is 3. The standard InChI is InChI=1S/C25H28N4OS.C13H10N2O5/c1-4-13-30-14-5-6-20-9-7-18(16-26-20)22-11-8-19(17-27-22)25-28-23-12-10-21(29(2)3)15-24(23)31-25;16-6-1-2-7-8(5-6)13(20)15(12(7)19)9-3-4-10(17)14-11(9)18/h7-12,15-17H,4-6,13-14H2,1-3H3;1-2,5,9,16H,3-4H2,(H,14,17,18). The number of nitrogens with zero attached hydrogens (tertiary/aromatic N) is 5. The highest BCUT2D eigenvalue weighted by atomic mass is 32.1. The second-order valence-electron chi connectivity index (χ2n) is 12.4. The monoisotopic (exact) mass is 706 g/mol. The molecular formula is C38H38N6O6S. The van der Waals surface area contributed by atoms with Crippen molar-refractivity contribution in [1.29, 1.82) is 0 Å². The van der Waals surface area contributed by atoms with Gasteiger partial charge in [-0.15, -0.1) is 11.3 Å². The molecule has 5 aromatic rings. The number of nitrogens with one attached hydrogen (secondary N) is 1. The first-order valence-corrected chi connectivity index (χ1v) is 17.6. The van der Waals surface area contributed by atoms with Crippen molar-refractivity contribution < 1.29 is 29.0 Å². The fraction of sp³-hybridized carbons (Fsp3) is 0.289. The van der Waals surface area contributed by atoms with E-state index in [9.17, 15) is 24.3 Å². The Kier molecular flexibility index (Phi) is 10.8. The summed E-state index contributed by atoms with van der Waals surface area (Å²) in [6, 6.07) is 17.5. The summed E-state index contributed by atoms with van der Waals surface area (Å²) in [5.41, 5.74) is 6.50. The highest BCUT2D eigenvalue weighted by Gasteiger charge is 2.44. The number of phenols is 1. The van der Waals surface area contributed by atoms with Gasteiger partial charge < -0.3 is 14.7 Å². The lowest BCUT2D eigenvalue weighted by Gasteiger charge is -2.27. The van der Waals surface area contributed by atoms with E-state index >= 15 is 0 Å². The van der Waals surface area contributed by atoms with Crippen LogP contribution in [0, 0.1) is 0 Å². The van der Waals surface area contributed by atoms with Crippen molar-refractivity contribution in [2.75, 3.05) is 32.2 Å². The Bertz CT molecular complexity index is 2080. The van der Waals surface area contributed by atoms with Gasteiger partial charge in [0.15, 0.2) is 0 Å². The zero-order valence-electron chi connectivity index (χ0n) is 28.6. The number of thiazole rings is 1. The normalized spacial score (nSPS) is 15.4. The first-order chi connectivity index (χ1) is 24.6. The van der Waals surface area contributed by atoms with Gasteiger partial charge in [0.1, 0.15) is 16.8 Å². The summed E-state index contributed by atoms with van der Waals surface area (Å²) in [6.07, 6.45) is 7.00. The van der Waals surface area contributed by atoms with Gasteiger partial charge in [-0.25, -0.2) is 4.98 Å². The molecule has 0 bridgehead atoms. The third-order valence-corrected chi connectivity index (χ3v) is 9.58. The first-order valence-electron chi connectivity index (χ1n) is 16.7. The van der Waals surface area contributed by atoms with Crippen molar-refractivity contribution in [2.45, 2.75) is 45.1 Å². The number of benzene rings is 2. The SMILES string of the molecule is CCCOCCCc1ccc(-c2ccc(-c3nc4ccc(N(C)C)cc4s3)cn2)cn1.O=C1CCC(N2C(=O)c3ccc(O)cc3C2=O)C(=O)N1. The van der Waals surface area contributed by atoms with Crippen molar-refractivity contribution in [3.8, 4) is 27.6 Å². The number of aryl methyl sites for hydroxylation is 1. The topological polar surface area (TPSA) is 155 Å². The number of phenolic OH excluding ortho intramolecular Hbond substituents is 1. The maximum Gasteiger partial charge on any atom is 0.262 e. The molecule has 2 N–H and O–H groups in total. The van der Waals surface area contributed by atoms with Crippen LogP contribution in [0.25, 0.3) is 32.0 Å². The van der Waals surface area contributed by atoms with E-state index in [-0.39, 0.29) is 29.7 Å². The van der Waals surface area contributed by atoms with E-state index in [1.807, 2.05) is 18.5 Å². The van der Waals surface area contributed by atoms with E-state index in [1.54, 1.807) is 11.3 Å². The third-order valence-electron chi connectivity index (χ3n) is 8.51. The maximum absolute atomic E-state index is 12.2. The summed E-state index contributed by atoms with van der Waals surface area (Å²) in [4.78, 5) is 64.3. The number of pyridine rings is 2. The number of amides is 4. The third kappa shape index (κ3) is 7.95. The number of hydrogen-bond acceptors (Lipinski definition) is 11. The molecule has 0 radical (unpaired) electrons. The summed E-state index contributed by atoms with van der Waals surface area (Å²) >= 11 is 1.70. The Morgan fingerprint density at radius 1 is 0.922 bits per heavy atom. The molecule has 0 spiro atoms. The van der Waals surface area contributed by atoms with Crippen LogP contribution in [0.1, 0.15) is 59.0 Å². The van der Waals surface area contributed by atoms with Gasteiger partial charge in [0.2, 0.25) is 11.8 Å². The van der Waals surface area contributed by atoms with E-state index < -0.39 is 29.7 Å².